The lowest BCUT2D eigenvalue weighted by atomic mass is 10.5. The van der Waals surface area contributed by atoms with E-state index in [0.29, 0.717) is 19.1 Å². The molecule has 0 saturated heterocycles. The summed E-state index contributed by atoms with van der Waals surface area (Å²) in [5, 5.41) is 5.19. The summed E-state index contributed by atoms with van der Waals surface area (Å²) >= 11 is 4.93. The van der Waals surface area contributed by atoms with Gasteiger partial charge in [0.1, 0.15) is 0 Å². The van der Waals surface area contributed by atoms with Crippen LogP contribution in [0.15, 0.2) is 15.9 Å². The molecule has 102 valence electrons. The number of halogens is 1. The van der Waals surface area contributed by atoms with Gasteiger partial charge in [0.25, 0.3) is 0 Å². The van der Waals surface area contributed by atoms with Crippen molar-refractivity contribution >= 4 is 37.3 Å². The van der Waals surface area contributed by atoms with Crippen LogP contribution in [0, 0.1) is 0 Å². The summed E-state index contributed by atoms with van der Waals surface area (Å²) in [4.78, 5) is 1.04. The number of hydrogen-bond donors (Lipinski definition) is 1. The van der Waals surface area contributed by atoms with E-state index in [0.717, 1.165) is 9.35 Å². The molecule has 1 aromatic heterocycles. The monoisotopic (exact) mass is 352 g/mol. The molecule has 2 rings (SSSR count). The Hall–Kier alpha value is 0.0500. The molecule has 1 fully saturated rings. The smallest absolute Gasteiger partial charge is 0.215 e. The lowest BCUT2D eigenvalue weighted by molar-refractivity contribution is 0.467. The van der Waals surface area contributed by atoms with Crippen molar-refractivity contribution < 1.29 is 8.42 Å². The first-order valence-corrected chi connectivity index (χ1v) is 9.16. The van der Waals surface area contributed by atoms with Crippen molar-refractivity contribution in [3.8, 4) is 0 Å². The van der Waals surface area contributed by atoms with Crippen molar-refractivity contribution in [3.63, 3.8) is 0 Å². The van der Waals surface area contributed by atoms with E-state index in [4.69, 9.17) is 0 Å². The van der Waals surface area contributed by atoms with Crippen LogP contribution in [0.4, 0.5) is 0 Å². The highest BCUT2D eigenvalue weighted by molar-refractivity contribution is 9.10. The Morgan fingerprint density at radius 3 is 2.83 bits per heavy atom. The van der Waals surface area contributed by atoms with Gasteiger partial charge >= 0.3 is 0 Å². The van der Waals surface area contributed by atoms with E-state index in [1.807, 2.05) is 11.4 Å². The van der Waals surface area contributed by atoms with Crippen LogP contribution in [0.3, 0.4) is 0 Å². The van der Waals surface area contributed by atoms with Crippen molar-refractivity contribution in [3.05, 3.63) is 20.8 Å². The van der Waals surface area contributed by atoms with Crippen LogP contribution in [0.25, 0.3) is 0 Å². The third kappa shape index (κ3) is 4.31. The van der Waals surface area contributed by atoms with E-state index in [9.17, 15) is 8.42 Å². The molecular weight excluding hydrogens is 336 g/mol. The van der Waals surface area contributed by atoms with Gasteiger partial charge in [-0.15, -0.1) is 11.3 Å². The first-order chi connectivity index (χ1) is 8.47. The Balaban J connectivity index is 1.83. The fourth-order valence-electron chi connectivity index (χ4n) is 1.59. The second kappa shape index (κ2) is 6.00. The Labute approximate surface area is 121 Å². The summed E-state index contributed by atoms with van der Waals surface area (Å²) in [6.07, 6.45) is 2.36. The van der Waals surface area contributed by atoms with Gasteiger partial charge < -0.3 is 5.32 Å². The minimum Gasteiger partial charge on any atom is -0.313 e. The predicted octanol–water partition coefficient (Wildman–Crippen LogP) is 2.02. The molecule has 1 aliphatic rings. The molecule has 1 N–H and O–H groups in total. The van der Waals surface area contributed by atoms with Gasteiger partial charge in [-0.2, -0.15) is 4.31 Å². The lowest BCUT2D eigenvalue weighted by Crippen LogP contribution is -2.33. The highest BCUT2D eigenvalue weighted by Gasteiger charge is 2.23. The molecule has 0 spiro atoms. The number of hydrogen-bond acceptors (Lipinski definition) is 4. The molecule has 0 atom stereocenters. The average molecular weight is 353 g/mol. The quantitative estimate of drug-likeness (QED) is 0.816. The van der Waals surface area contributed by atoms with E-state index in [1.54, 1.807) is 18.4 Å². The molecule has 1 aliphatic carbocycles. The summed E-state index contributed by atoms with van der Waals surface area (Å²) in [7, 11) is -1.52. The molecule has 1 heterocycles. The number of nitrogens with zero attached hydrogens (tertiary/aromatic N) is 1. The fourth-order valence-corrected chi connectivity index (χ4v) is 4.20. The third-order valence-corrected chi connectivity index (χ3v) is 6.33. The van der Waals surface area contributed by atoms with E-state index < -0.39 is 10.0 Å². The average Bonchev–Trinajstić information content (AvgIpc) is 3.02. The standard InChI is InChI=1S/C11H17BrN2O2S2/c1-14(7-11-6-9(12)8-17-11)18(15,16)5-4-13-10-2-3-10/h6,8,10,13H,2-5,7H2,1H3. The van der Waals surface area contributed by atoms with Crippen LogP contribution in [0.1, 0.15) is 17.7 Å². The molecule has 1 saturated carbocycles. The largest absolute Gasteiger partial charge is 0.313 e. The van der Waals surface area contributed by atoms with Crippen LogP contribution >= 0.6 is 27.3 Å². The molecule has 0 radical (unpaired) electrons. The van der Waals surface area contributed by atoms with E-state index >= 15 is 0 Å². The second-order valence-electron chi connectivity index (χ2n) is 4.53. The molecule has 0 unspecified atom stereocenters. The normalized spacial score (nSPS) is 16.4. The van der Waals surface area contributed by atoms with Gasteiger partial charge in [0.15, 0.2) is 0 Å². The summed E-state index contributed by atoms with van der Waals surface area (Å²) in [5.41, 5.74) is 0. The number of sulfonamides is 1. The van der Waals surface area contributed by atoms with Gasteiger partial charge in [0.05, 0.1) is 5.75 Å². The maximum Gasteiger partial charge on any atom is 0.215 e. The van der Waals surface area contributed by atoms with Crippen LogP contribution in [0.5, 0.6) is 0 Å². The Kier molecular flexibility index (Phi) is 4.82. The molecule has 0 aliphatic heterocycles. The maximum absolute atomic E-state index is 12.0. The van der Waals surface area contributed by atoms with Crippen LogP contribution in [-0.2, 0) is 16.6 Å². The topological polar surface area (TPSA) is 49.4 Å². The fraction of sp³-hybridized carbons (Fsp3) is 0.636. The molecule has 0 bridgehead atoms. The van der Waals surface area contributed by atoms with Crippen molar-refractivity contribution in [2.75, 3.05) is 19.3 Å². The van der Waals surface area contributed by atoms with Crippen molar-refractivity contribution in [2.24, 2.45) is 0 Å². The van der Waals surface area contributed by atoms with Crippen LogP contribution < -0.4 is 5.32 Å². The Morgan fingerprint density at radius 1 is 1.56 bits per heavy atom. The Bertz CT molecular complexity index is 497. The molecule has 1 aromatic rings. The first kappa shape index (κ1) is 14.5. The Morgan fingerprint density at radius 2 is 2.28 bits per heavy atom. The molecule has 18 heavy (non-hydrogen) atoms. The SMILES string of the molecule is CN(Cc1cc(Br)cs1)S(=O)(=O)CCNC1CC1. The zero-order chi connectivity index (χ0) is 13.2. The third-order valence-electron chi connectivity index (χ3n) is 2.85. The van der Waals surface area contributed by atoms with E-state index in [2.05, 4.69) is 21.2 Å². The zero-order valence-electron chi connectivity index (χ0n) is 10.2. The summed E-state index contributed by atoms with van der Waals surface area (Å²) in [6.45, 7) is 0.994. The summed E-state index contributed by atoms with van der Waals surface area (Å²) in [5.74, 6) is 0.173. The zero-order valence-corrected chi connectivity index (χ0v) is 13.4. The molecule has 7 heteroatoms. The number of thiophene rings is 1. The van der Waals surface area contributed by atoms with Gasteiger partial charge in [0.2, 0.25) is 10.0 Å². The van der Waals surface area contributed by atoms with Gasteiger partial charge in [-0.25, -0.2) is 8.42 Å². The second-order valence-corrected chi connectivity index (χ2v) is 8.64. The summed E-state index contributed by atoms with van der Waals surface area (Å²) < 4.78 is 26.5. The maximum atomic E-state index is 12.0. The van der Waals surface area contributed by atoms with Crippen LogP contribution in [-0.4, -0.2) is 38.1 Å². The predicted molar refractivity (Wildman–Crippen MR) is 78.3 cm³/mol. The molecular formula is C11H17BrN2O2S2. The first-order valence-electron chi connectivity index (χ1n) is 5.88. The minimum absolute atomic E-state index is 0.173. The van der Waals surface area contributed by atoms with Gasteiger partial charge in [-0.1, -0.05) is 0 Å². The highest BCUT2D eigenvalue weighted by Crippen LogP contribution is 2.22. The molecule has 4 nitrogen and oxygen atoms in total. The van der Waals surface area contributed by atoms with Crippen molar-refractivity contribution in [2.45, 2.75) is 25.4 Å². The van der Waals surface area contributed by atoms with E-state index in [-0.39, 0.29) is 5.75 Å². The van der Waals surface area contributed by atoms with Gasteiger partial charge in [0, 0.05) is 40.9 Å². The summed E-state index contributed by atoms with van der Waals surface area (Å²) in [6, 6.07) is 2.51. The molecule has 0 amide bonds. The van der Waals surface area contributed by atoms with Crippen LogP contribution in [0.2, 0.25) is 0 Å². The van der Waals surface area contributed by atoms with E-state index in [1.165, 1.54) is 17.1 Å². The van der Waals surface area contributed by atoms with Gasteiger partial charge in [-0.3, -0.25) is 0 Å². The van der Waals surface area contributed by atoms with Gasteiger partial charge in [-0.05, 0) is 34.8 Å². The van der Waals surface area contributed by atoms with Crippen molar-refractivity contribution in [1.82, 2.24) is 9.62 Å². The molecule has 0 aromatic carbocycles. The highest BCUT2D eigenvalue weighted by atomic mass is 79.9. The number of rotatable bonds is 7. The van der Waals surface area contributed by atoms with Crippen molar-refractivity contribution in [1.29, 1.82) is 0 Å². The number of nitrogens with one attached hydrogen (secondary N) is 1. The lowest BCUT2D eigenvalue weighted by Gasteiger charge is -2.16. The minimum atomic E-state index is -3.15.